The van der Waals surface area contributed by atoms with Crippen LogP contribution in [0.5, 0.6) is 0 Å². The fraction of sp³-hybridized carbons (Fsp3) is 0. The van der Waals surface area contributed by atoms with Gasteiger partial charge in [-0.2, -0.15) is 0 Å². The molecule has 0 aromatic carbocycles. The van der Waals surface area contributed by atoms with Crippen LogP contribution in [0.15, 0.2) is 17.9 Å². The van der Waals surface area contributed by atoms with E-state index in [9.17, 15) is 0 Å². The summed E-state index contributed by atoms with van der Waals surface area (Å²) in [4.78, 5) is 0. The third kappa shape index (κ3) is 6.20. The predicted octanol–water partition coefficient (Wildman–Crippen LogP) is 0.967. The minimum atomic E-state index is 1.42. The first kappa shape index (κ1) is 7.20. The summed E-state index contributed by atoms with van der Waals surface area (Å²) in [6.07, 6.45) is 12.6. The van der Waals surface area contributed by atoms with Crippen LogP contribution in [0.4, 0.5) is 0 Å². The molecule has 0 N–H and O–H groups in total. The minimum absolute atomic E-state index is 1.42. The van der Waals surface area contributed by atoms with Crippen molar-refractivity contribution >= 4 is 0 Å². The molecule has 0 aliphatic heterocycles. The van der Waals surface area contributed by atoms with Crippen LogP contribution in [0.3, 0.4) is 0 Å². The summed E-state index contributed by atoms with van der Waals surface area (Å²) in [6, 6.07) is 0. The average molecular weight is 112 g/mol. The van der Waals surface area contributed by atoms with Crippen molar-refractivity contribution in [2.24, 2.45) is 0 Å². The zero-order valence-electron chi connectivity index (χ0n) is 4.81. The third-order valence-electron chi connectivity index (χ3n) is 0.467. The van der Waals surface area contributed by atoms with Crippen molar-refractivity contribution in [2.75, 3.05) is 0 Å². The molecule has 0 fully saturated rings. The number of hydrogen-bond acceptors (Lipinski definition) is 0. The van der Waals surface area contributed by atoms with Gasteiger partial charge in [-0.05, 0) is 11.8 Å². The number of allylic oxidation sites excluding steroid dienone is 1. The van der Waals surface area contributed by atoms with Gasteiger partial charge < -0.3 is 0 Å². The molecule has 0 rings (SSSR count). The van der Waals surface area contributed by atoms with Gasteiger partial charge in [-0.15, -0.1) is 18.6 Å². The van der Waals surface area contributed by atoms with Crippen molar-refractivity contribution in [3.63, 3.8) is 0 Å². The summed E-state index contributed by atoms with van der Waals surface area (Å²) >= 11 is 0. The Labute approximate surface area is 55.3 Å². The highest BCUT2D eigenvalue weighted by Crippen LogP contribution is 1.61. The Balaban J connectivity index is 3.95. The van der Waals surface area contributed by atoms with E-state index in [4.69, 9.17) is 12.8 Å². The Kier molecular flexibility index (Phi) is 4.96. The van der Waals surface area contributed by atoms with E-state index in [-0.39, 0.29) is 0 Å². The van der Waals surface area contributed by atoms with Gasteiger partial charge in [-0.1, -0.05) is 11.8 Å². The van der Waals surface area contributed by atoms with Gasteiger partial charge in [0, 0.05) is 12.2 Å². The molecule has 0 heterocycles. The lowest BCUT2D eigenvalue weighted by Crippen LogP contribution is -1.45. The summed E-state index contributed by atoms with van der Waals surface area (Å²) in [6.45, 7) is 0. The first-order chi connectivity index (χ1) is 4.41. The van der Waals surface area contributed by atoms with Crippen LogP contribution in [-0.2, 0) is 0 Å². The SMILES string of the molecule is C#CC#CC=C=CC#C. The molecule has 0 saturated heterocycles. The first-order valence-corrected chi connectivity index (χ1v) is 2.23. The van der Waals surface area contributed by atoms with E-state index >= 15 is 0 Å². The minimum Gasteiger partial charge on any atom is -0.115 e. The fourth-order valence-electron chi connectivity index (χ4n) is 0.209. The van der Waals surface area contributed by atoms with Crippen LogP contribution in [0.25, 0.3) is 0 Å². The molecule has 0 nitrogen and oxygen atoms in total. The monoisotopic (exact) mass is 112 g/mol. The highest BCUT2D eigenvalue weighted by Gasteiger charge is 1.50. The maximum absolute atomic E-state index is 4.87. The van der Waals surface area contributed by atoms with Crippen molar-refractivity contribution in [3.8, 4) is 36.5 Å². The molecule has 0 heteroatoms. The van der Waals surface area contributed by atoms with E-state index in [0.29, 0.717) is 0 Å². The predicted molar refractivity (Wildman–Crippen MR) is 38.1 cm³/mol. The molecular formula is C9H4. The average Bonchev–Trinajstić information content (AvgIpc) is 1.89. The van der Waals surface area contributed by atoms with Gasteiger partial charge in [0.05, 0.1) is 0 Å². The van der Waals surface area contributed by atoms with Crippen molar-refractivity contribution in [1.82, 2.24) is 0 Å². The van der Waals surface area contributed by atoms with Crippen LogP contribution in [0, 0.1) is 36.5 Å². The van der Waals surface area contributed by atoms with E-state index < -0.39 is 0 Å². The largest absolute Gasteiger partial charge is 0.115 e. The van der Waals surface area contributed by atoms with E-state index in [2.05, 4.69) is 29.4 Å². The van der Waals surface area contributed by atoms with Crippen LogP contribution in [0.2, 0.25) is 0 Å². The molecule has 0 aliphatic carbocycles. The quantitative estimate of drug-likeness (QED) is 0.323. The molecule has 0 aromatic rings. The van der Waals surface area contributed by atoms with E-state index in [0.717, 1.165) is 0 Å². The van der Waals surface area contributed by atoms with Gasteiger partial charge in [-0.3, -0.25) is 0 Å². The van der Waals surface area contributed by atoms with E-state index in [1.165, 1.54) is 12.2 Å². The molecule has 0 spiro atoms. The maximum Gasteiger partial charge on any atom is 0.0319 e. The number of hydrogen-bond donors (Lipinski definition) is 0. The van der Waals surface area contributed by atoms with Crippen LogP contribution in [-0.4, -0.2) is 0 Å². The summed E-state index contributed by atoms with van der Waals surface area (Å²) in [5.74, 6) is 9.30. The second-order valence-electron chi connectivity index (χ2n) is 1.04. The smallest absolute Gasteiger partial charge is 0.0319 e. The fourth-order valence-corrected chi connectivity index (χ4v) is 0.209. The lowest BCUT2D eigenvalue weighted by molar-refractivity contribution is 2.13. The van der Waals surface area contributed by atoms with Gasteiger partial charge in [-0.25, -0.2) is 0 Å². The van der Waals surface area contributed by atoms with E-state index in [1.54, 1.807) is 0 Å². The van der Waals surface area contributed by atoms with Crippen molar-refractivity contribution in [1.29, 1.82) is 0 Å². The van der Waals surface area contributed by atoms with Gasteiger partial charge in [0.2, 0.25) is 0 Å². The summed E-state index contributed by atoms with van der Waals surface area (Å²) in [7, 11) is 0. The van der Waals surface area contributed by atoms with Gasteiger partial charge in [0.15, 0.2) is 0 Å². The lowest BCUT2D eigenvalue weighted by atomic mass is 10.5. The topological polar surface area (TPSA) is 0 Å². The highest BCUT2D eigenvalue weighted by molar-refractivity contribution is 5.28. The summed E-state index contributed by atoms with van der Waals surface area (Å²) in [5.41, 5.74) is 2.61. The van der Waals surface area contributed by atoms with Crippen molar-refractivity contribution in [2.45, 2.75) is 0 Å². The third-order valence-corrected chi connectivity index (χ3v) is 0.467. The molecule has 0 unspecified atom stereocenters. The zero-order valence-corrected chi connectivity index (χ0v) is 4.81. The summed E-state index contributed by atoms with van der Waals surface area (Å²) in [5, 5.41) is 0. The molecule has 0 radical (unpaired) electrons. The molecule has 0 aliphatic rings. The van der Waals surface area contributed by atoms with Gasteiger partial charge in [0.25, 0.3) is 0 Å². The van der Waals surface area contributed by atoms with Crippen molar-refractivity contribution in [3.05, 3.63) is 17.9 Å². The molecule has 0 amide bonds. The molecule has 9 heavy (non-hydrogen) atoms. The van der Waals surface area contributed by atoms with Crippen molar-refractivity contribution < 1.29 is 0 Å². The molecule has 0 saturated carbocycles. The molecule has 0 atom stereocenters. The Morgan fingerprint density at radius 2 is 1.89 bits per heavy atom. The Morgan fingerprint density at radius 3 is 2.44 bits per heavy atom. The normalized spacial score (nSPS) is 4.22. The lowest BCUT2D eigenvalue weighted by Gasteiger charge is -1.54. The molecule has 40 valence electrons. The Morgan fingerprint density at radius 1 is 1.11 bits per heavy atom. The van der Waals surface area contributed by atoms with Crippen LogP contribution >= 0.6 is 0 Å². The van der Waals surface area contributed by atoms with Crippen LogP contribution in [0.1, 0.15) is 0 Å². The van der Waals surface area contributed by atoms with E-state index in [1.807, 2.05) is 0 Å². The van der Waals surface area contributed by atoms with Gasteiger partial charge >= 0.3 is 0 Å². The second-order valence-corrected chi connectivity index (χ2v) is 1.04. The highest BCUT2D eigenvalue weighted by atomic mass is 13.5. The first-order valence-electron chi connectivity index (χ1n) is 2.23. The number of rotatable bonds is 0. The molecular weight excluding hydrogens is 108 g/mol. The van der Waals surface area contributed by atoms with Gasteiger partial charge in [0.1, 0.15) is 0 Å². The second kappa shape index (κ2) is 6.20. The summed E-state index contributed by atoms with van der Waals surface area (Å²) < 4.78 is 0. The number of terminal acetylenes is 2. The molecule has 0 bridgehead atoms. The maximum atomic E-state index is 4.87. The van der Waals surface area contributed by atoms with Crippen LogP contribution < -0.4 is 0 Å². The standard InChI is InChI=1S/C9H4/c1-3-5-7-9-8-6-4-2/h1-2,5,9H. The Hall–Kier alpha value is -1.80. The molecule has 0 aromatic heterocycles. The zero-order chi connectivity index (χ0) is 6.95. The Bertz CT molecular complexity index is 262.